The first kappa shape index (κ1) is 10.8. The summed E-state index contributed by atoms with van der Waals surface area (Å²) in [5.74, 6) is 0.216. The van der Waals surface area contributed by atoms with E-state index in [0.717, 1.165) is 11.1 Å². The Balaban J connectivity index is 3.37. The Labute approximate surface area is 85.1 Å². The first-order valence-electron chi connectivity index (χ1n) is 4.71. The summed E-state index contributed by atoms with van der Waals surface area (Å²) >= 11 is 0. The number of hydrogen-bond acceptors (Lipinski definition) is 2. The maximum Gasteiger partial charge on any atom is 0.127 e. The van der Waals surface area contributed by atoms with E-state index < -0.39 is 0 Å². The summed E-state index contributed by atoms with van der Waals surface area (Å²) in [6.45, 7) is 8.21. The fourth-order valence-corrected chi connectivity index (χ4v) is 1.35. The normalized spacial score (nSPS) is 11.4. The van der Waals surface area contributed by atoms with Crippen LogP contribution < -0.4 is 0 Å². The Kier molecular flexibility index (Phi) is 2.65. The summed E-state index contributed by atoms with van der Waals surface area (Å²) in [5.41, 5.74) is 2.62. The van der Waals surface area contributed by atoms with Gasteiger partial charge in [-0.05, 0) is 29.5 Å². The van der Waals surface area contributed by atoms with Crippen molar-refractivity contribution in [2.45, 2.75) is 33.1 Å². The molecule has 1 rings (SSSR count). The number of aromatic hydroxyl groups is 1. The van der Waals surface area contributed by atoms with E-state index in [1.54, 1.807) is 0 Å². The van der Waals surface area contributed by atoms with Crippen LogP contribution in [-0.4, -0.2) is 11.3 Å². The summed E-state index contributed by atoms with van der Waals surface area (Å²) in [6.07, 6.45) is 1.19. The number of rotatable bonds is 1. The van der Waals surface area contributed by atoms with Crippen molar-refractivity contribution in [3.8, 4) is 5.75 Å². The standard InChI is InChI=1S/C12H17NO/c1-8-5-10(12(2,3)4)6-9(7-13)11(8)14/h5-7,13-14H,1-4H3. The van der Waals surface area contributed by atoms with Crippen LogP contribution in [0.15, 0.2) is 12.1 Å². The van der Waals surface area contributed by atoms with E-state index in [-0.39, 0.29) is 11.2 Å². The lowest BCUT2D eigenvalue weighted by Gasteiger charge is -2.20. The highest BCUT2D eigenvalue weighted by molar-refractivity contribution is 5.82. The average Bonchev–Trinajstić information content (AvgIpc) is 2.07. The first-order valence-corrected chi connectivity index (χ1v) is 4.71. The van der Waals surface area contributed by atoms with Crippen LogP contribution in [0.3, 0.4) is 0 Å². The lowest BCUT2D eigenvalue weighted by atomic mass is 9.85. The van der Waals surface area contributed by atoms with Gasteiger partial charge in [-0.15, -0.1) is 0 Å². The Morgan fingerprint density at radius 1 is 1.29 bits per heavy atom. The quantitative estimate of drug-likeness (QED) is 0.658. The topological polar surface area (TPSA) is 44.1 Å². The summed E-state index contributed by atoms with van der Waals surface area (Å²) in [4.78, 5) is 0. The second kappa shape index (κ2) is 3.45. The van der Waals surface area contributed by atoms with Crippen molar-refractivity contribution in [3.05, 3.63) is 28.8 Å². The molecule has 0 aromatic heterocycles. The van der Waals surface area contributed by atoms with Crippen molar-refractivity contribution in [2.75, 3.05) is 0 Å². The molecule has 76 valence electrons. The van der Waals surface area contributed by atoms with Crippen LogP contribution >= 0.6 is 0 Å². The number of phenols is 1. The molecular weight excluding hydrogens is 174 g/mol. The van der Waals surface area contributed by atoms with Gasteiger partial charge in [0.15, 0.2) is 0 Å². The van der Waals surface area contributed by atoms with Crippen LogP contribution in [-0.2, 0) is 5.41 Å². The van der Waals surface area contributed by atoms with Crippen LogP contribution in [0.1, 0.15) is 37.5 Å². The van der Waals surface area contributed by atoms with E-state index in [1.807, 2.05) is 19.1 Å². The number of aryl methyl sites for hydroxylation is 1. The summed E-state index contributed by atoms with van der Waals surface area (Å²) < 4.78 is 0. The Bertz CT molecular complexity index is 361. The molecule has 0 fully saturated rings. The van der Waals surface area contributed by atoms with E-state index in [4.69, 9.17) is 5.41 Å². The molecule has 0 aliphatic heterocycles. The van der Waals surface area contributed by atoms with Gasteiger partial charge in [-0.3, -0.25) is 0 Å². The zero-order valence-electron chi connectivity index (χ0n) is 9.18. The van der Waals surface area contributed by atoms with Crippen LogP contribution in [0.2, 0.25) is 0 Å². The minimum atomic E-state index is 0.0518. The third kappa shape index (κ3) is 1.95. The molecule has 0 aliphatic carbocycles. The number of benzene rings is 1. The zero-order valence-corrected chi connectivity index (χ0v) is 9.18. The van der Waals surface area contributed by atoms with Gasteiger partial charge < -0.3 is 10.5 Å². The lowest BCUT2D eigenvalue weighted by molar-refractivity contribution is 0.468. The monoisotopic (exact) mass is 191 g/mol. The molecule has 0 spiro atoms. The molecule has 0 bridgehead atoms. The first-order chi connectivity index (χ1) is 6.36. The molecule has 0 saturated carbocycles. The van der Waals surface area contributed by atoms with Crippen molar-refractivity contribution >= 4 is 6.21 Å². The second-order valence-corrected chi connectivity index (χ2v) is 4.63. The summed E-state index contributed by atoms with van der Waals surface area (Å²) in [6, 6.07) is 3.84. The van der Waals surface area contributed by atoms with Gasteiger partial charge in [-0.2, -0.15) is 0 Å². The molecule has 0 amide bonds. The highest BCUT2D eigenvalue weighted by Gasteiger charge is 2.16. The predicted molar refractivity (Wildman–Crippen MR) is 59.4 cm³/mol. The van der Waals surface area contributed by atoms with E-state index in [1.165, 1.54) is 6.21 Å². The minimum absolute atomic E-state index is 0.0518. The van der Waals surface area contributed by atoms with Crippen molar-refractivity contribution in [3.63, 3.8) is 0 Å². The van der Waals surface area contributed by atoms with Gasteiger partial charge >= 0.3 is 0 Å². The third-order valence-corrected chi connectivity index (χ3v) is 2.35. The maximum atomic E-state index is 9.64. The number of hydrogen-bond donors (Lipinski definition) is 2. The maximum absolute atomic E-state index is 9.64. The zero-order chi connectivity index (χ0) is 10.9. The molecule has 14 heavy (non-hydrogen) atoms. The van der Waals surface area contributed by atoms with Crippen molar-refractivity contribution in [1.82, 2.24) is 0 Å². The summed E-state index contributed by atoms with van der Waals surface area (Å²) in [5, 5.41) is 16.8. The van der Waals surface area contributed by atoms with Crippen LogP contribution in [0.5, 0.6) is 5.75 Å². The molecule has 0 aliphatic rings. The highest BCUT2D eigenvalue weighted by Crippen LogP contribution is 2.29. The van der Waals surface area contributed by atoms with Crippen molar-refractivity contribution < 1.29 is 5.11 Å². The van der Waals surface area contributed by atoms with E-state index in [2.05, 4.69) is 20.8 Å². The SMILES string of the molecule is Cc1cc(C(C)(C)C)cc(C=N)c1O. The number of nitrogens with one attached hydrogen (secondary N) is 1. The molecule has 2 heteroatoms. The van der Waals surface area contributed by atoms with Gasteiger partial charge in [0, 0.05) is 11.8 Å². The summed E-state index contributed by atoms with van der Waals surface area (Å²) in [7, 11) is 0. The molecule has 0 unspecified atom stereocenters. The Morgan fingerprint density at radius 2 is 1.86 bits per heavy atom. The molecule has 0 atom stereocenters. The highest BCUT2D eigenvalue weighted by atomic mass is 16.3. The second-order valence-electron chi connectivity index (χ2n) is 4.63. The van der Waals surface area contributed by atoms with Gasteiger partial charge in [0.25, 0.3) is 0 Å². The molecule has 0 saturated heterocycles. The van der Waals surface area contributed by atoms with Gasteiger partial charge in [-0.1, -0.05) is 26.8 Å². The van der Waals surface area contributed by atoms with E-state index in [0.29, 0.717) is 5.56 Å². The predicted octanol–water partition coefficient (Wildman–Crippen LogP) is 3.00. The lowest BCUT2D eigenvalue weighted by Crippen LogP contribution is -2.11. The fourth-order valence-electron chi connectivity index (χ4n) is 1.35. The molecule has 2 N–H and O–H groups in total. The Hall–Kier alpha value is -1.31. The van der Waals surface area contributed by atoms with Gasteiger partial charge in [0.05, 0.1) is 0 Å². The molecule has 1 aromatic carbocycles. The third-order valence-electron chi connectivity index (χ3n) is 2.35. The molecule has 0 heterocycles. The average molecular weight is 191 g/mol. The van der Waals surface area contributed by atoms with Gasteiger partial charge in [-0.25, -0.2) is 0 Å². The number of phenolic OH excluding ortho intramolecular Hbond substituents is 1. The van der Waals surface area contributed by atoms with Crippen LogP contribution in [0.4, 0.5) is 0 Å². The smallest absolute Gasteiger partial charge is 0.127 e. The molecular formula is C12H17NO. The van der Waals surface area contributed by atoms with E-state index in [9.17, 15) is 5.11 Å². The molecule has 2 nitrogen and oxygen atoms in total. The molecule has 1 aromatic rings. The fraction of sp³-hybridized carbons (Fsp3) is 0.417. The van der Waals surface area contributed by atoms with Gasteiger partial charge in [0.1, 0.15) is 5.75 Å². The van der Waals surface area contributed by atoms with Crippen LogP contribution in [0.25, 0.3) is 0 Å². The van der Waals surface area contributed by atoms with Crippen molar-refractivity contribution in [1.29, 1.82) is 5.41 Å². The van der Waals surface area contributed by atoms with E-state index >= 15 is 0 Å². The molecule has 0 radical (unpaired) electrons. The largest absolute Gasteiger partial charge is 0.507 e. The Morgan fingerprint density at radius 3 is 2.29 bits per heavy atom. The van der Waals surface area contributed by atoms with Crippen LogP contribution in [0, 0.1) is 12.3 Å². The van der Waals surface area contributed by atoms with Crippen molar-refractivity contribution in [2.24, 2.45) is 0 Å². The van der Waals surface area contributed by atoms with Gasteiger partial charge in [0.2, 0.25) is 0 Å². The minimum Gasteiger partial charge on any atom is -0.507 e.